The van der Waals surface area contributed by atoms with Crippen molar-refractivity contribution in [2.75, 3.05) is 10.2 Å². The number of nitrogens with two attached hydrogens (primary N) is 1. The summed E-state index contributed by atoms with van der Waals surface area (Å²) in [4.78, 5) is 2.09. The van der Waals surface area contributed by atoms with Crippen LogP contribution in [-0.4, -0.2) is 6.29 Å². The van der Waals surface area contributed by atoms with Crippen LogP contribution in [0.1, 0.15) is 0 Å². The molecule has 3 heteroatoms. The molecule has 0 bridgehead atoms. The van der Waals surface area contributed by atoms with Gasteiger partial charge in [-0.15, -0.1) is 0 Å². The molecule has 0 aromatic heterocycles. The maximum absolute atomic E-state index is 6.08. The molecule has 1 unspecified atom stereocenters. The normalized spacial score (nSPS) is 18.1. The molecule has 0 radical (unpaired) electrons. The molecule has 2 aromatic rings. The second kappa shape index (κ2) is 3.54. The van der Waals surface area contributed by atoms with Crippen LogP contribution in [0.25, 0.3) is 0 Å². The van der Waals surface area contributed by atoms with Crippen LogP contribution in [0.4, 0.5) is 17.1 Å². The van der Waals surface area contributed by atoms with Crippen molar-refractivity contribution in [1.82, 2.24) is 0 Å². The van der Waals surface area contributed by atoms with Gasteiger partial charge < -0.3 is 10.2 Å². The zero-order valence-electron chi connectivity index (χ0n) is 8.80. The number of benzene rings is 2. The molecule has 3 nitrogen and oxygen atoms in total. The Morgan fingerprint density at radius 1 is 0.938 bits per heavy atom. The van der Waals surface area contributed by atoms with Crippen molar-refractivity contribution in [1.29, 1.82) is 0 Å². The standard InChI is InChI=1S/C13H13N3/c14-13-15-11-8-4-5-9-12(11)16(13)10-6-2-1-3-7-10/h1-9,13,15H,14H2. The third kappa shape index (κ3) is 1.33. The molecular formula is C13H13N3. The Labute approximate surface area is 94.5 Å². The van der Waals surface area contributed by atoms with Gasteiger partial charge in [-0.1, -0.05) is 30.3 Å². The van der Waals surface area contributed by atoms with Gasteiger partial charge in [0, 0.05) is 5.69 Å². The fourth-order valence-corrected chi connectivity index (χ4v) is 2.07. The highest BCUT2D eigenvalue weighted by atomic mass is 15.4. The molecule has 1 atom stereocenters. The summed E-state index contributed by atoms with van der Waals surface area (Å²) < 4.78 is 0. The summed E-state index contributed by atoms with van der Waals surface area (Å²) >= 11 is 0. The topological polar surface area (TPSA) is 41.3 Å². The molecule has 0 amide bonds. The van der Waals surface area contributed by atoms with Crippen LogP contribution in [0.5, 0.6) is 0 Å². The smallest absolute Gasteiger partial charge is 0.157 e. The number of para-hydroxylation sites is 3. The van der Waals surface area contributed by atoms with E-state index in [1.54, 1.807) is 0 Å². The van der Waals surface area contributed by atoms with Gasteiger partial charge in [0.1, 0.15) is 0 Å². The Morgan fingerprint density at radius 2 is 1.62 bits per heavy atom. The molecule has 0 saturated carbocycles. The zero-order valence-corrected chi connectivity index (χ0v) is 8.80. The van der Waals surface area contributed by atoms with Gasteiger partial charge in [-0.05, 0) is 24.3 Å². The van der Waals surface area contributed by atoms with Gasteiger partial charge >= 0.3 is 0 Å². The highest BCUT2D eigenvalue weighted by molar-refractivity contribution is 5.82. The molecule has 3 rings (SSSR count). The first-order valence-electron chi connectivity index (χ1n) is 5.32. The minimum Gasteiger partial charge on any atom is -0.351 e. The van der Waals surface area contributed by atoms with Crippen molar-refractivity contribution in [3.05, 3.63) is 54.6 Å². The van der Waals surface area contributed by atoms with E-state index in [1.807, 2.05) is 36.4 Å². The van der Waals surface area contributed by atoms with Crippen LogP contribution >= 0.6 is 0 Å². The fraction of sp³-hybridized carbons (Fsp3) is 0.0769. The lowest BCUT2D eigenvalue weighted by Crippen LogP contribution is -2.39. The fourth-order valence-electron chi connectivity index (χ4n) is 2.07. The Kier molecular flexibility index (Phi) is 2.04. The van der Waals surface area contributed by atoms with Crippen LogP contribution in [0, 0.1) is 0 Å². The molecule has 16 heavy (non-hydrogen) atoms. The lowest BCUT2D eigenvalue weighted by atomic mass is 10.2. The quantitative estimate of drug-likeness (QED) is 0.761. The first kappa shape index (κ1) is 9.24. The summed E-state index contributed by atoms with van der Waals surface area (Å²) in [6, 6.07) is 18.3. The molecular weight excluding hydrogens is 198 g/mol. The van der Waals surface area contributed by atoms with Gasteiger partial charge in [0.2, 0.25) is 0 Å². The van der Waals surface area contributed by atoms with E-state index < -0.39 is 0 Å². The van der Waals surface area contributed by atoms with Gasteiger partial charge in [0.25, 0.3) is 0 Å². The summed E-state index contributed by atoms with van der Waals surface area (Å²) in [5.74, 6) is 0. The molecule has 80 valence electrons. The monoisotopic (exact) mass is 211 g/mol. The van der Waals surface area contributed by atoms with E-state index in [4.69, 9.17) is 5.73 Å². The van der Waals surface area contributed by atoms with Crippen LogP contribution in [0.2, 0.25) is 0 Å². The van der Waals surface area contributed by atoms with E-state index in [0.29, 0.717) is 0 Å². The molecule has 3 N–H and O–H groups in total. The largest absolute Gasteiger partial charge is 0.351 e. The van der Waals surface area contributed by atoms with E-state index in [0.717, 1.165) is 17.1 Å². The van der Waals surface area contributed by atoms with Crippen LogP contribution in [-0.2, 0) is 0 Å². The van der Waals surface area contributed by atoms with E-state index >= 15 is 0 Å². The highest BCUT2D eigenvalue weighted by Crippen LogP contribution is 2.37. The number of nitrogens with one attached hydrogen (secondary N) is 1. The lowest BCUT2D eigenvalue weighted by molar-refractivity contribution is 0.802. The maximum Gasteiger partial charge on any atom is 0.157 e. The summed E-state index contributed by atoms with van der Waals surface area (Å²) in [6.07, 6.45) is -0.195. The molecule has 0 spiro atoms. The van der Waals surface area contributed by atoms with Crippen molar-refractivity contribution >= 4 is 17.1 Å². The average molecular weight is 211 g/mol. The summed E-state index contributed by atoms with van der Waals surface area (Å²) in [5, 5.41) is 3.25. The van der Waals surface area contributed by atoms with Crippen molar-refractivity contribution in [2.24, 2.45) is 5.73 Å². The average Bonchev–Trinajstić information content (AvgIpc) is 2.66. The van der Waals surface area contributed by atoms with Gasteiger partial charge in [0.05, 0.1) is 11.4 Å². The summed E-state index contributed by atoms with van der Waals surface area (Å²) in [6.45, 7) is 0. The van der Waals surface area contributed by atoms with Crippen molar-refractivity contribution in [3.8, 4) is 0 Å². The summed E-state index contributed by atoms with van der Waals surface area (Å²) in [5.41, 5.74) is 9.39. The minimum absolute atomic E-state index is 0.195. The van der Waals surface area contributed by atoms with Crippen molar-refractivity contribution in [2.45, 2.75) is 6.29 Å². The number of fused-ring (bicyclic) bond motifs is 1. The molecule has 0 saturated heterocycles. The van der Waals surface area contributed by atoms with E-state index in [-0.39, 0.29) is 6.29 Å². The Hall–Kier alpha value is -2.00. The second-order valence-electron chi connectivity index (χ2n) is 3.81. The predicted molar refractivity (Wildman–Crippen MR) is 66.6 cm³/mol. The van der Waals surface area contributed by atoms with Crippen LogP contribution < -0.4 is 16.0 Å². The maximum atomic E-state index is 6.08. The van der Waals surface area contributed by atoms with Crippen LogP contribution in [0.15, 0.2) is 54.6 Å². The zero-order chi connectivity index (χ0) is 11.0. The third-order valence-corrected chi connectivity index (χ3v) is 2.78. The highest BCUT2D eigenvalue weighted by Gasteiger charge is 2.26. The number of anilines is 3. The number of hydrogen-bond donors (Lipinski definition) is 2. The number of nitrogens with zero attached hydrogens (tertiary/aromatic N) is 1. The van der Waals surface area contributed by atoms with Crippen molar-refractivity contribution < 1.29 is 0 Å². The molecule has 1 aliphatic heterocycles. The Balaban J connectivity index is 2.09. The first-order valence-corrected chi connectivity index (χ1v) is 5.32. The van der Waals surface area contributed by atoms with Gasteiger partial charge in [-0.3, -0.25) is 5.73 Å². The van der Waals surface area contributed by atoms with Crippen molar-refractivity contribution in [3.63, 3.8) is 0 Å². The number of hydrogen-bond acceptors (Lipinski definition) is 3. The Bertz CT molecular complexity index is 496. The van der Waals surface area contributed by atoms with E-state index in [2.05, 4.69) is 28.4 Å². The first-order chi connectivity index (χ1) is 7.86. The summed E-state index contributed by atoms with van der Waals surface area (Å²) in [7, 11) is 0. The molecule has 0 aliphatic carbocycles. The van der Waals surface area contributed by atoms with Gasteiger partial charge in [-0.2, -0.15) is 0 Å². The molecule has 1 aliphatic rings. The second-order valence-corrected chi connectivity index (χ2v) is 3.81. The SMILES string of the molecule is NC1Nc2ccccc2N1c1ccccc1. The third-order valence-electron chi connectivity index (χ3n) is 2.78. The molecule has 2 aromatic carbocycles. The number of rotatable bonds is 1. The van der Waals surface area contributed by atoms with Crippen LogP contribution in [0.3, 0.4) is 0 Å². The Morgan fingerprint density at radius 3 is 2.44 bits per heavy atom. The molecule has 1 heterocycles. The molecule has 0 fully saturated rings. The van der Waals surface area contributed by atoms with Gasteiger partial charge in [-0.25, -0.2) is 0 Å². The lowest BCUT2D eigenvalue weighted by Gasteiger charge is -2.23. The minimum atomic E-state index is -0.195. The van der Waals surface area contributed by atoms with Gasteiger partial charge in [0.15, 0.2) is 6.29 Å². The van der Waals surface area contributed by atoms with E-state index in [9.17, 15) is 0 Å². The van der Waals surface area contributed by atoms with E-state index in [1.165, 1.54) is 0 Å². The predicted octanol–water partition coefficient (Wildman–Crippen LogP) is 2.49.